The fourth-order valence-corrected chi connectivity index (χ4v) is 0.850. The van der Waals surface area contributed by atoms with E-state index in [2.05, 4.69) is 15.3 Å². The number of halogens is 3. The summed E-state index contributed by atoms with van der Waals surface area (Å²) in [6.07, 6.45) is -1.51. The lowest BCUT2D eigenvalue weighted by Gasteiger charge is -2.07. The average Bonchev–Trinajstić information content (AvgIpc) is 2.17. The molecule has 0 aliphatic heterocycles. The van der Waals surface area contributed by atoms with E-state index in [9.17, 15) is 18.0 Å². The number of amides is 1. The first-order chi connectivity index (χ1) is 7.47. The monoisotopic (exact) mass is 234 g/mol. The topological polar surface area (TPSA) is 66.9 Å². The molecule has 0 aliphatic rings. The molecular formula is C8H9F3N4O. The van der Waals surface area contributed by atoms with Gasteiger partial charge in [-0.15, -0.1) is 0 Å². The van der Waals surface area contributed by atoms with Crippen LogP contribution in [0.3, 0.4) is 0 Å². The Morgan fingerprint density at radius 3 is 2.50 bits per heavy atom. The molecule has 0 aliphatic carbocycles. The number of carbonyl (C=O) groups is 1. The number of rotatable bonds is 4. The molecule has 0 aromatic carbocycles. The van der Waals surface area contributed by atoms with Crippen molar-refractivity contribution in [2.75, 3.05) is 18.4 Å². The number of hydrogen-bond acceptors (Lipinski definition) is 4. The zero-order valence-electron chi connectivity index (χ0n) is 8.08. The minimum absolute atomic E-state index is 0.0568. The summed E-state index contributed by atoms with van der Waals surface area (Å²) in [4.78, 5) is 18.4. The fraction of sp³-hybridized carbons (Fsp3) is 0.375. The summed E-state index contributed by atoms with van der Waals surface area (Å²) in [5.41, 5.74) is 0. The zero-order valence-corrected chi connectivity index (χ0v) is 8.08. The Balaban J connectivity index is 2.27. The van der Waals surface area contributed by atoms with Crippen LogP contribution >= 0.6 is 0 Å². The van der Waals surface area contributed by atoms with Gasteiger partial charge in [0.05, 0.1) is 13.1 Å². The number of anilines is 1. The van der Waals surface area contributed by atoms with Crippen LogP contribution in [-0.2, 0) is 4.79 Å². The number of nitrogens with zero attached hydrogens (tertiary/aromatic N) is 2. The van der Waals surface area contributed by atoms with Crippen molar-refractivity contribution in [2.24, 2.45) is 0 Å². The third kappa shape index (κ3) is 5.25. The minimum atomic E-state index is -4.33. The second-order valence-corrected chi connectivity index (χ2v) is 2.84. The van der Waals surface area contributed by atoms with Crippen molar-refractivity contribution in [3.05, 3.63) is 18.5 Å². The first-order valence-electron chi connectivity index (χ1n) is 4.32. The second-order valence-electron chi connectivity index (χ2n) is 2.84. The molecule has 0 saturated carbocycles. The van der Waals surface area contributed by atoms with Crippen molar-refractivity contribution < 1.29 is 18.0 Å². The van der Waals surface area contributed by atoms with E-state index in [0.717, 1.165) is 0 Å². The summed E-state index contributed by atoms with van der Waals surface area (Å²) in [6, 6.07) is 1.55. The van der Waals surface area contributed by atoms with Crippen LogP contribution in [0.4, 0.5) is 19.1 Å². The summed E-state index contributed by atoms with van der Waals surface area (Å²) in [5, 5.41) is 4.19. The van der Waals surface area contributed by atoms with Gasteiger partial charge in [0.25, 0.3) is 0 Å². The number of carbonyl (C=O) groups excluding carboxylic acids is 1. The second kappa shape index (κ2) is 5.40. The molecule has 0 spiro atoms. The molecule has 0 fully saturated rings. The molecule has 2 N–H and O–H groups in total. The average molecular weight is 234 g/mol. The number of hydrogen-bond donors (Lipinski definition) is 2. The van der Waals surface area contributed by atoms with E-state index in [-0.39, 0.29) is 5.95 Å². The standard InChI is InChI=1S/C8H9F3N4O/c9-8(10,11)5-12-4-6(16)15-7-13-2-1-3-14-7/h1-3,12H,4-5H2,(H,13,14,15,16). The number of aromatic nitrogens is 2. The van der Waals surface area contributed by atoms with E-state index in [1.54, 1.807) is 6.07 Å². The largest absolute Gasteiger partial charge is 0.401 e. The SMILES string of the molecule is O=C(CNCC(F)(F)F)Nc1ncccn1. The molecule has 16 heavy (non-hydrogen) atoms. The molecule has 0 atom stereocenters. The quantitative estimate of drug-likeness (QED) is 0.799. The molecular weight excluding hydrogens is 225 g/mol. The van der Waals surface area contributed by atoms with Crippen LogP contribution in [0.5, 0.6) is 0 Å². The lowest BCUT2D eigenvalue weighted by molar-refractivity contribution is -0.126. The van der Waals surface area contributed by atoms with Gasteiger partial charge in [-0.3, -0.25) is 10.1 Å². The van der Waals surface area contributed by atoms with E-state index >= 15 is 0 Å². The van der Waals surface area contributed by atoms with E-state index in [1.807, 2.05) is 5.32 Å². The summed E-state index contributed by atoms with van der Waals surface area (Å²) in [5.74, 6) is -0.572. The van der Waals surface area contributed by atoms with Crippen LogP contribution in [0.1, 0.15) is 0 Å². The highest BCUT2D eigenvalue weighted by Gasteiger charge is 2.26. The lowest BCUT2D eigenvalue weighted by Crippen LogP contribution is -2.35. The molecule has 88 valence electrons. The van der Waals surface area contributed by atoms with Crippen LogP contribution in [0.25, 0.3) is 0 Å². The highest BCUT2D eigenvalue weighted by molar-refractivity contribution is 5.90. The third-order valence-electron chi connectivity index (χ3n) is 1.43. The van der Waals surface area contributed by atoms with Crippen LogP contribution in [0, 0.1) is 0 Å². The summed E-state index contributed by atoms with van der Waals surface area (Å²) in [7, 11) is 0. The Hall–Kier alpha value is -1.70. The molecule has 0 saturated heterocycles. The predicted octanol–water partition coefficient (Wildman–Crippen LogP) is 0.567. The van der Waals surface area contributed by atoms with E-state index in [0.29, 0.717) is 0 Å². The molecule has 1 aromatic heterocycles. The molecule has 1 aromatic rings. The van der Waals surface area contributed by atoms with Gasteiger partial charge in [-0.25, -0.2) is 9.97 Å². The first-order valence-corrected chi connectivity index (χ1v) is 4.32. The molecule has 1 heterocycles. The van der Waals surface area contributed by atoms with E-state index in [4.69, 9.17) is 0 Å². The maximum atomic E-state index is 11.7. The highest BCUT2D eigenvalue weighted by Crippen LogP contribution is 2.11. The highest BCUT2D eigenvalue weighted by atomic mass is 19.4. The third-order valence-corrected chi connectivity index (χ3v) is 1.43. The van der Waals surface area contributed by atoms with Gasteiger partial charge in [-0.2, -0.15) is 13.2 Å². The molecule has 5 nitrogen and oxygen atoms in total. The van der Waals surface area contributed by atoms with E-state index in [1.165, 1.54) is 12.4 Å². The normalized spacial score (nSPS) is 11.2. The van der Waals surface area contributed by atoms with Crippen molar-refractivity contribution in [1.82, 2.24) is 15.3 Å². The van der Waals surface area contributed by atoms with Gasteiger partial charge in [-0.1, -0.05) is 0 Å². The Bertz CT molecular complexity index is 341. The maximum Gasteiger partial charge on any atom is 0.401 e. The van der Waals surface area contributed by atoms with Gasteiger partial charge in [0.15, 0.2) is 0 Å². The predicted molar refractivity (Wildman–Crippen MR) is 49.6 cm³/mol. The molecule has 1 rings (SSSR count). The van der Waals surface area contributed by atoms with Crippen LogP contribution in [0.2, 0.25) is 0 Å². The van der Waals surface area contributed by atoms with Crippen LogP contribution in [-0.4, -0.2) is 35.1 Å². The van der Waals surface area contributed by atoms with Crippen LogP contribution < -0.4 is 10.6 Å². The smallest absolute Gasteiger partial charge is 0.300 e. The lowest BCUT2D eigenvalue weighted by atomic mass is 10.5. The fourth-order valence-electron chi connectivity index (χ4n) is 0.850. The zero-order chi connectivity index (χ0) is 12.0. The van der Waals surface area contributed by atoms with Gasteiger partial charge in [0, 0.05) is 12.4 Å². The summed E-state index contributed by atoms with van der Waals surface area (Å²) in [6.45, 7) is -1.66. The number of nitrogens with one attached hydrogen (secondary N) is 2. The van der Waals surface area contributed by atoms with Crippen molar-refractivity contribution in [3.8, 4) is 0 Å². The molecule has 1 amide bonds. The van der Waals surface area contributed by atoms with Crippen molar-refractivity contribution in [1.29, 1.82) is 0 Å². The molecule has 8 heteroatoms. The van der Waals surface area contributed by atoms with Gasteiger partial charge in [-0.05, 0) is 6.07 Å². The van der Waals surface area contributed by atoms with Gasteiger partial charge < -0.3 is 5.32 Å². The van der Waals surface area contributed by atoms with E-state index < -0.39 is 25.2 Å². The minimum Gasteiger partial charge on any atom is -0.300 e. The van der Waals surface area contributed by atoms with Crippen molar-refractivity contribution in [3.63, 3.8) is 0 Å². The van der Waals surface area contributed by atoms with Crippen LogP contribution in [0.15, 0.2) is 18.5 Å². The van der Waals surface area contributed by atoms with Crippen molar-refractivity contribution in [2.45, 2.75) is 6.18 Å². The summed E-state index contributed by atoms with van der Waals surface area (Å²) >= 11 is 0. The van der Waals surface area contributed by atoms with Gasteiger partial charge in [0.2, 0.25) is 11.9 Å². The Morgan fingerprint density at radius 1 is 1.31 bits per heavy atom. The maximum absolute atomic E-state index is 11.7. The summed E-state index contributed by atoms with van der Waals surface area (Å²) < 4.78 is 35.1. The Morgan fingerprint density at radius 2 is 1.94 bits per heavy atom. The van der Waals surface area contributed by atoms with Gasteiger partial charge in [0.1, 0.15) is 0 Å². The number of alkyl halides is 3. The Kier molecular flexibility index (Phi) is 4.18. The first kappa shape index (κ1) is 12.4. The van der Waals surface area contributed by atoms with Crippen molar-refractivity contribution >= 4 is 11.9 Å². The molecule has 0 radical (unpaired) electrons. The van der Waals surface area contributed by atoms with Gasteiger partial charge >= 0.3 is 6.18 Å². The Labute approximate surface area is 89.1 Å². The molecule has 0 bridgehead atoms. The molecule has 0 unspecified atom stereocenters.